The summed E-state index contributed by atoms with van der Waals surface area (Å²) in [6.07, 6.45) is 3.29. The fourth-order valence-corrected chi connectivity index (χ4v) is 5.90. The lowest BCUT2D eigenvalue weighted by Gasteiger charge is -2.32. The van der Waals surface area contributed by atoms with Crippen molar-refractivity contribution in [2.24, 2.45) is 0 Å². The summed E-state index contributed by atoms with van der Waals surface area (Å²) in [6.45, 7) is 4.57. The third-order valence-corrected chi connectivity index (χ3v) is 8.59. The Morgan fingerprint density at radius 2 is 1.85 bits per heavy atom. The number of carboxylic acids is 1. The fraction of sp³-hybridized carbons (Fsp3) is 0.353. The predicted molar refractivity (Wildman–Crippen MR) is 166 cm³/mol. The molecule has 1 N–H and O–H groups in total. The van der Waals surface area contributed by atoms with Gasteiger partial charge in [0.1, 0.15) is 35.6 Å². The molecule has 0 spiro atoms. The van der Waals surface area contributed by atoms with Crippen LogP contribution in [0.1, 0.15) is 43.1 Å². The highest BCUT2D eigenvalue weighted by molar-refractivity contribution is 6.30. The summed E-state index contributed by atoms with van der Waals surface area (Å²) >= 11 is 5.79. The number of piperidine rings is 1. The lowest BCUT2D eigenvalue weighted by Crippen LogP contribution is -2.39. The molecule has 8 nitrogen and oxygen atoms in total. The fourth-order valence-electron chi connectivity index (χ4n) is 5.74. The zero-order valence-electron chi connectivity index (χ0n) is 25.1. The van der Waals surface area contributed by atoms with Crippen LogP contribution in [0.25, 0.3) is 16.6 Å². The van der Waals surface area contributed by atoms with Gasteiger partial charge in [0, 0.05) is 36.4 Å². The normalized spacial score (nSPS) is 17.7. The number of carboxylic acid groups (broad SMARTS) is 1. The molecular formula is C34H33ClF3N3O5. The minimum atomic E-state index is -1.10. The molecule has 0 aliphatic carbocycles. The Morgan fingerprint density at radius 3 is 2.54 bits per heavy atom. The van der Waals surface area contributed by atoms with Gasteiger partial charge in [-0.15, -0.1) is 0 Å². The first-order valence-electron chi connectivity index (χ1n) is 15.1. The van der Waals surface area contributed by atoms with E-state index in [0.29, 0.717) is 73.9 Å². The van der Waals surface area contributed by atoms with E-state index in [2.05, 4.69) is 9.88 Å². The average Bonchev–Trinajstić information content (AvgIpc) is 3.33. The smallest absolute Gasteiger partial charge is 0.328 e. The van der Waals surface area contributed by atoms with E-state index >= 15 is 4.39 Å². The average molecular weight is 656 g/mol. The predicted octanol–water partition coefficient (Wildman–Crippen LogP) is 7.01. The zero-order valence-corrected chi connectivity index (χ0v) is 25.9. The highest BCUT2D eigenvalue weighted by Gasteiger charge is 2.26. The Balaban J connectivity index is 1.11. The largest absolute Gasteiger partial charge is 0.490 e. The van der Waals surface area contributed by atoms with E-state index in [1.54, 1.807) is 25.1 Å². The number of imidazole rings is 1. The van der Waals surface area contributed by atoms with Crippen LogP contribution in [0.3, 0.4) is 0 Å². The summed E-state index contributed by atoms with van der Waals surface area (Å²) in [5.74, 6) is -1.53. The van der Waals surface area contributed by atoms with Gasteiger partial charge in [-0.1, -0.05) is 11.6 Å². The van der Waals surface area contributed by atoms with Gasteiger partial charge in [-0.2, -0.15) is 0 Å². The molecule has 2 aliphatic rings. The van der Waals surface area contributed by atoms with E-state index in [0.717, 1.165) is 18.6 Å². The van der Waals surface area contributed by atoms with Crippen LogP contribution in [-0.4, -0.2) is 57.4 Å². The van der Waals surface area contributed by atoms with Crippen molar-refractivity contribution >= 4 is 34.2 Å². The molecule has 0 unspecified atom stereocenters. The Kier molecular flexibility index (Phi) is 9.53. The number of ether oxygens (including phenoxy) is 3. The number of likely N-dealkylation sites (tertiary alicyclic amines) is 1. The third kappa shape index (κ3) is 7.32. The van der Waals surface area contributed by atoms with Crippen LogP contribution in [0.15, 0.2) is 54.6 Å². The summed E-state index contributed by atoms with van der Waals surface area (Å²) in [5, 5.41) is 9.41. The molecule has 1 aromatic heterocycles. The number of halogens is 4. The number of nitrogens with zero attached hydrogens (tertiary/aromatic N) is 3. The van der Waals surface area contributed by atoms with Crippen molar-refractivity contribution in [2.45, 2.75) is 58.1 Å². The summed E-state index contributed by atoms with van der Waals surface area (Å²) < 4.78 is 63.2. The van der Waals surface area contributed by atoms with Crippen molar-refractivity contribution in [1.29, 1.82) is 0 Å². The number of fused-ring (bicyclic) bond motifs is 1. The van der Waals surface area contributed by atoms with Crippen molar-refractivity contribution in [1.82, 2.24) is 14.5 Å². The second-order valence-electron chi connectivity index (χ2n) is 11.6. The van der Waals surface area contributed by atoms with Gasteiger partial charge in [-0.3, -0.25) is 4.90 Å². The van der Waals surface area contributed by atoms with Crippen LogP contribution in [0.2, 0.25) is 5.02 Å². The van der Waals surface area contributed by atoms with Gasteiger partial charge in [0.25, 0.3) is 0 Å². The second kappa shape index (κ2) is 13.7. The first kappa shape index (κ1) is 31.9. The van der Waals surface area contributed by atoms with Crippen molar-refractivity contribution < 1.29 is 37.3 Å². The molecule has 2 saturated heterocycles. The van der Waals surface area contributed by atoms with Gasteiger partial charge in [-0.25, -0.2) is 22.9 Å². The number of allylic oxidation sites excluding steroid dienone is 1. The van der Waals surface area contributed by atoms with E-state index in [4.69, 9.17) is 25.8 Å². The first-order valence-corrected chi connectivity index (χ1v) is 15.5. The van der Waals surface area contributed by atoms with Crippen LogP contribution in [0, 0.1) is 17.5 Å². The number of rotatable bonds is 11. The van der Waals surface area contributed by atoms with E-state index in [1.165, 1.54) is 24.3 Å². The van der Waals surface area contributed by atoms with Crippen LogP contribution in [0.4, 0.5) is 13.2 Å². The molecule has 0 radical (unpaired) electrons. The van der Waals surface area contributed by atoms with Crippen molar-refractivity contribution in [3.8, 4) is 11.5 Å². The second-order valence-corrected chi connectivity index (χ2v) is 12.1. The maximum Gasteiger partial charge on any atom is 0.328 e. The van der Waals surface area contributed by atoms with E-state index in [-0.39, 0.29) is 40.7 Å². The maximum atomic E-state index is 15.3. The van der Waals surface area contributed by atoms with E-state index in [9.17, 15) is 18.7 Å². The monoisotopic (exact) mass is 655 g/mol. The summed E-state index contributed by atoms with van der Waals surface area (Å²) in [5.41, 5.74) is 2.02. The van der Waals surface area contributed by atoms with Gasteiger partial charge in [0.15, 0.2) is 17.4 Å². The zero-order chi connectivity index (χ0) is 32.4. The molecule has 2 aliphatic heterocycles. The van der Waals surface area contributed by atoms with Gasteiger partial charge < -0.3 is 23.9 Å². The Hall–Kier alpha value is -4.06. The molecule has 6 rings (SSSR count). The van der Waals surface area contributed by atoms with Crippen LogP contribution in [0.5, 0.6) is 11.5 Å². The summed E-state index contributed by atoms with van der Waals surface area (Å²) in [7, 11) is 0. The van der Waals surface area contributed by atoms with E-state index in [1.807, 2.05) is 4.57 Å². The SMILES string of the molecule is C/C(=C\C(=O)O)c1cc(F)c2nc(CN3CCC(Oc4ccc(F)c(COc5ccc(Cl)cc5F)c4)CC3)n(C[C@@H]3CCO3)c2c1. The first-order chi connectivity index (χ1) is 22.1. The Labute approximate surface area is 268 Å². The highest BCUT2D eigenvalue weighted by atomic mass is 35.5. The minimum Gasteiger partial charge on any atom is -0.490 e. The van der Waals surface area contributed by atoms with Crippen molar-refractivity contribution in [3.05, 3.63) is 94.0 Å². The number of hydrogen-bond acceptors (Lipinski definition) is 6. The number of aromatic nitrogens is 2. The van der Waals surface area contributed by atoms with Crippen molar-refractivity contribution in [2.75, 3.05) is 19.7 Å². The van der Waals surface area contributed by atoms with E-state index < -0.39 is 23.4 Å². The molecular weight excluding hydrogens is 623 g/mol. The molecule has 4 aromatic rings. The molecule has 0 saturated carbocycles. The number of aliphatic carboxylic acids is 1. The number of hydrogen-bond donors (Lipinski definition) is 1. The highest BCUT2D eigenvalue weighted by Crippen LogP contribution is 2.29. The summed E-state index contributed by atoms with van der Waals surface area (Å²) in [4.78, 5) is 18.1. The molecule has 12 heteroatoms. The molecule has 0 amide bonds. The number of carbonyl (C=O) groups is 1. The standard InChI is InChI=1S/C34H33ClF3N3O5/c1-20(12-33(42)43)21-14-29(38)34-30(15-21)41(17-26-8-11-44-26)32(39-34)18-40-9-6-24(7-10-40)46-25-3-4-27(36)22(13-25)19-45-31-5-2-23(35)16-28(31)37/h2-5,12-16,24,26H,6-11,17-19H2,1H3,(H,42,43)/b20-12+/t26-/m0/s1. The topological polar surface area (TPSA) is 86.0 Å². The Morgan fingerprint density at radius 1 is 1.07 bits per heavy atom. The molecule has 3 heterocycles. The van der Waals surface area contributed by atoms with Gasteiger partial charge in [-0.05, 0) is 85.9 Å². The van der Waals surface area contributed by atoms with Crippen LogP contribution in [-0.2, 0) is 29.2 Å². The maximum absolute atomic E-state index is 15.3. The van der Waals surface area contributed by atoms with Crippen LogP contribution >= 0.6 is 11.6 Å². The summed E-state index contributed by atoms with van der Waals surface area (Å²) in [6, 6.07) is 11.6. The molecule has 242 valence electrons. The van der Waals surface area contributed by atoms with Gasteiger partial charge in [0.2, 0.25) is 0 Å². The molecule has 1 atom stereocenters. The lowest BCUT2D eigenvalue weighted by molar-refractivity contribution is -0.131. The van der Waals surface area contributed by atoms with Crippen molar-refractivity contribution in [3.63, 3.8) is 0 Å². The molecule has 46 heavy (non-hydrogen) atoms. The molecule has 3 aromatic carbocycles. The van der Waals surface area contributed by atoms with Crippen LogP contribution < -0.4 is 9.47 Å². The lowest BCUT2D eigenvalue weighted by atomic mass is 10.1. The molecule has 2 fully saturated rings. The third-order valence-electron chi connectivity index (χ3n) is 8.36. The van der Waals surface area contributed by atoms with Gasteiger partial charge >= 0.3 is 5.97 Å². The quantitative estimate of drug-likeness (QED) is 0.174. The molecule has 0 bridgehead atoms. The minimum absolute atomic E-state index is 0.00822. The Bertz CT molecular complexity index is 1780. The van der Waals surface area contributed by atoms with Gasteiger partial charge in [0.05, 0.1) is 24.7 Å². The number of benzene rings is 3.